The summed E-state index contributed by atoms with van der Waals surface area (Å²) in [6.45, 7) is 3.89. The lowest BCUT2D eigenvalue weighted by molar-refractivity contribution is -0.122. The molecule has 24 heavy (non-hydrogen) atoms. The number of likely N-dealkylation sites (N-methyl/N-ethyl adjacent to an activating group) is 1. The molecule has 0 radical (unpaired) electrons. The molecule has 1 heterocycles. The molecule has 0 saturated heterocycles. The van der Waals surface area contributed by atoms with E-state index in [2.05, 4.69) is 20.8 Å². The fourth-order valence-electron chi connectivity index (χ4n) is 1.93. The third-order valence-electron chi connectivity index (χ3n) is 3.18. The number of H-pyrrole nitrogens is 1. The molecule has 0 aliphatic rings. The summed E-state index contributed by atoms with van der Waals surface area (Å²) in [5.74, 6) is -1.11. The Kier molecular flexibility index (Phi) is 5.89. The number of aromatic nitrogens is 2. The molecule has 1 aromatic carbocycles. The molecule has 0 aliphatic carbocycles. The van der Waals surface area contributed by atoms with Crippen molar-refractivity contribution in [2.45, 2.75) is 26.5 Å². The second-order valence-electron chi connectivity index (χ2n) is 5.09. The van der Waals surface area contributed by atoms with Gasteiger partial charge in [0.1, 0.15) is 18.3 Å². The van der Waals surface area contributed by atoms with Crippen LogP contribution in [0.2, 0.25) is 0 Å². The van der Waals surface area contributed by atoms with Crippen LogP contribution in [0.25, 0.3) is 0 Å². The maximum atomic E-state index is 13.5. The topological polar surface area (TPSA) is 96.1 Å². The minimum Gasteiger partial charge on any atom is -0.484 e. The van der Waals surface area contributed by atoms with Crippen LogP contribution in [0, 0.1) is 5.82 Å². The summed E-state index contributed by atoms with van der Waals surface area (Å²) in [6.07, 6.45) is 0. The lowest BCUT2D eigenvalue weighted by Gasteiger charge is -2.11. The number of amides is 2. The van der Waals surface area contributed by atoms with Gasteiger partial charge in [-0.2, -0.15) is 5.10 Å². The van der Waals surface area contributed by atoms with Gasteiger partial charge in [0, 0.05) is 6.54 Å². The van der Waals surface area contributed by atoms with E-state index >= 15 is 0 Å². The van der Waals surface area contributed by atoms with Crippen molar-refractivity contribution in [1.82, 2.24) is 20.8 Å². The predicted molar refractivity (Wildman–Crippen MR) is 84.9 cm³/mol. The minimum atomic E-state index is -0.674. The van der Waals surface area contributed by atoms with E-state index in [4.69, 9.17) is 4.74 Å². The van der Waals surface area contributed by atoms with Gasteiger partial charge in [-0.3, -0.25) is 14.7 Å². The highest BCUT2D eigenvalue weighted by Gasteiger charge is 2.18. The average Bonchev–Trinajstić information content (AvgIpc) is 3.03. The van der Waals surface area contributed by atoms with Crippen molar-refractivity contribution in [2.24, 2.45) is 0 Å². The number of halogens is 1. The number of ether oxygens (including phenoxy) is 1. The lowest BCUT2D eigenvalue weighted by atomic mass is 10.2. The molecule has 0 spiro atoms. The maximum Gasteiger partial charge on any atom is 0.272 e. The SMILES string of the molecule is CCNC(=O)C(C)NC(=O)c1cc(COc2ccccc2F)[nH]n1. The summed E-state index contributed by atoms with van der Waals surface area (Å²) < 4.78 is 18.8. The van der Waals surface area contributed by atoms with Crippen molar-refractivity contribution in [3.8, 4) is 5.75 Å². The average molecular weight is 334 g/mol. The van der Waals surface area contributed by atoms with Gasteiger partial charge in [0.05, 0.1) is 5.69 Å². The molecule has 2 amide bonds. The van der Waals surface area contributed by atoms with Crippen LogP contribution in [-0.4, -0.2) is 34.6 Å². The highest BCUT2D eigenvalue weighted by Crippen LogP contribution is 2.16. The molecular formula is C16H19FN4O3. The van der Waals surface area contributed by atoms with Crippen LogP contribution < -0.4 is 15.4 Å². The van der Waals surface area contributed by atoms with E-state index in [1.807, 2.05) is 0 Å². The van der Waals surface area contributed by atoms with Crippen molar-refractivity contribution < 1.29 is 18.7 Å². The summed E-state index contributed by atoms with van der Waals surface area (Å²) in [4.78, 5) is 23.6. The number of nitrogens with zero attached hydrogens (tertiary/aromatic N) is 1. The van der Waals surface area contributed by atoms with E-state index < -0.39 is 17.8 Å². The first-order valence-electron chi connectivity index (χ1n) is 7.51. The normalized spacial score (nSPS) is 11.6. The maximum absolute atomic E-state index is 13.5. The number of benzene rings is 1. The van der Waals surface area contributed by atoms with Gasteiger partial charge in [-0.1, -0.05) is 12.1 Å². The smallest absolute Gasteiger partial charge is 0.272 e. The van der Waals surface area contributed by atoms with Crippen LogP contribution in [0.4, 0.5) is 4.39 Å². The standard InChI is InChI=1S/C16H19FN4O3/c1-3-18-15(22)10(2)19-16(23)13-8-11(20-21-13)9-24-14-7-5-4-6-12(14)17/h4-8,10H,3,9H2,1-2H3,(H,18,22)(H,19,23)(H,20,21). The summed E-state index contributed by atoms with van der Waals surface area (Å²) in [5.41, 5.74) is 0.632. The van der Waals surface area contributed by atoms with Crippen molar-refractivity contribution in [3.05, 3.63) is 47.5 Å². The highest BCUT2D eigenvalue weighted by atomic mass is 19.1. The van der Waals surface area contributed by atoms with Crippen molar-refractivity contribution in [1.29, 1.82) is 0 Å². The zero-order valence-corrected chi connectivity index (χ0v) is 13.4. The quantitative estimate of drug-likeness (QED) is 0.713. The Bertz CT molecular complexity index is 717. The first-order valence-corrected chi connectivity index (χ1v) is 7.51. The second-order valence-corrected chi connectivity index (χ2v) is 5.09. The van der Waals surface area contributed by atoms with Gasteiger partial charge in [-0.05, 0) is 32.0 Å². The number of nitrogens with one attached hydrogen (secondary N) is 3. The van der Waals surface area contributed by atoms with E-state index in [9.17, 15) is 14.0 Å². The fourth-order valence-corrected chi connectivity index (χ4v) is 1.93. The summed E-state index contributed by atoms with van der Waals surface area (Å²) in [7, 11) is 0. The first-order chi connectivity index (χ1) is 11.5. The van der Waals surface area contributed by atoms with Crippen molar-refractivity contribution in [3.63, 3.8) is 0 Å². The van der Waals surface area contributed by atoms with Crippen molar-refractivity contribution in [2.75, 3.05) is 6.54 Å². The van der Waals surface area contributed by atoms with Crippen LogP contribution in [0.3, 0.4) is 0 Å². The molecular weight excluding hydrogens is 315 g/mol. The molecule has 2 rings (SSSR count). The van der Waals surface area contributed by atoms with Gasteiger partial charge in [-0.25, -0.2) is 4.39 Å². The van der Waals surface area contributed by atoms with Crippen LogP contribution in [0.15, 0.2) is 30.3 Å². The summed E-state index contributed by atoms with van der Waals surface area (Å²) in [6, 6.07) is 6.84. The molecule has 0 bridgehead atoms. The van der Waals surface area contributed by atoms with E-state index in [0.717, 1.165) is 0 Å². The lowest BCUT2D eigenvalue weighted by Crippen LogP contribution is -2.44. The van der Waals surface area contributed by atoms with Gasteiger partial charge < -0.3 is 15.4 Å². The number of carbonyl (C=O) groups is 2. The monoisotopic (exact) mass is 334 g/mol. The van der Waals surface area contributed by atoms with E-state index in [1.54, 1.807) is 26.0 Å². The van der Waals surface area contributed by atoms with Crippen LogP contribution >= 0.6 is 0 Å². The number of hydrogen-bond acceptors (Lipinski definition) is 4. The van der Waals surface area contributed by atoms with Gasteiger partial charge in [0.2, 0.25) is 5.91 Å². The van der Waals surface area contributed by atoms with Crippen molar-refractivity contribution >= 4 is 11.8 Å². The Morgan fingerprint density at radius 3 is 2.83 bits per heavy atom. The Labute approximate surface area is 138 Å². The van der Waals surface area contributed by atoms with Gasteiger partial charge in [-0.15, -0.1) is 0 Å². The van der Waals surface area contributed by atoms with E-state index in [-0.39, 0.29) is 24.0 Å². The van der Waals surface area contributed by atoms with Gasteiger partial charge in [0.25, 0.3) is 5.91 Å². The Morgan fingerprint density at radius 1 is 1.38 bits per heavy atom. The molecule has 1 aromatic heterocycles. The zero-order valence-electron chi connectivity index (χ0n) is 13.4. The Balaban J connectivity index is 1.91. The predicted octanol–water partition coefficient (Wildman–Crippen LogP) is 1.38. The summed E-state index contributed by atoms with van der Waals surface area (Å²) in [5, 5.41) is 11.7. The molecule has 3 N–H and O–H groups in total. The number of carbonyl (C=O) groups excluding carboxylic acids is 2. The van der Waals surface area contributed by atoms with Gasteiger partial charge in [0.15, 0.2) is 11.6 Å². The molecule has 8 heteroatoms. The van der Waals surface area contributed by atoms with Crippen LogP contribution in [-0.2, 0) is 11.4 Å². The molecule has 7 nitrogen and oxygen atoms in total. The largest absolute Gasteiger partial charge is 0.484 e. The minimum absolute atomic E-state index is 0.0348. The highest BCUT2D eigenvalue weighted by molar-refractivity contribution is 5.95. The third-order valence-corrected chi connectivity index (χ3v) is 3.18. The molecule has 0 saturated carbocycles. The third kappa shape index (κ3) is 4.55. The molecule has 0 fully saturated rings. The number of para-hydroxylation sites is 1. The van der Waals surface area contributed by atoms with Gasteiger partial charge >= 0.3 is 0 Å². The number of aromatic amines is 1. The molecule has 0 aliphatic heterocycles. The number of hydrogen-bond donors (Lipinski definition) is 3. The molecule has 1 unspecified atom stereocenters. The summed E-state index contributed by atoms with van der Waals surface area (Å²) >= 11 is 0. The van der Waals surface area contributed by atoms with E-state index in [1.165, 1.54) is 18.2 Å². The Morgan fingerprint density at radius 2 is 2.12 bits per heavy atom. The van der Waals surface area contributed by atoms with Crippen LogP contribution in [0.1, 0.15) is 30.0 Å². The molecule has 1 atom stereocenters. The Hall–Kier alpha value is -2.90. The second kappa shape index (κ2) is 8.09. The molecule has 128 valence electrons. The number of rotatable bonds is 7. The fraction of sp³-hybridized carbons (Fsp3) is 0.312. The van der Waals surface area contributed by atoms with Crippen LogP contribution in [0.5, 0.6) is 5.75 Å². The van der Waals surface area contributed by atoms with E-state index in [0.29, 0.717) is 12.2 Å². The first kappa shape index (κ1) is 17.5. The molecule has 2 aromatic rings. The zero-order chi connectivity index (χ0) is 17.5.